The van der Waals surface area contributed by atoms with Crippen molar-refractivity contribution in [3.05, 3.63) is 0 Å². The minimum absolute atomic E-state index is 0.126. The summed E-state index contributed by atoms with van der Waals surface area (Å²) in [5, 5.41) is -0.447. The zero-order valence-electron chi connectivity index (χ0n) is 15.5. The molecule has 2 nitrogen and oxygen atoms in total. The summed E-state index contributed by atoms with van der Waals surface area (Å²) in [6.45, 7) is -0.402. The summed E-state index contributed by atoms with van der Waals surface area (Å²) in [6, 6.07) is 0. The largest absolute Gasteiger partial charge is 0.307 e. The third-order valence-corrected chi connectivity index (χ3v) is 7.57. The Morgan fingerprint density at radius 3 is 1.46 bits per heavy atom. The number of hydrogen-bond donors (Lipinski definition) is 0. The first-order chi connectivity index (χ1) is 11.5. The van der Waals surface area contributed by atoms with Gasteiger partial charge in [-0.15, -0.1) is 0 Å². The highest BCUT2D eigenvalue weighted by Gasteiger charge is 2.18. The number of halogens is 2. The molecule has 0 aromatic rings. The molecule has 0 saturated carbocycles. The molecule has 1 unspecified atom stereocenters. The van der Waals surface area contributed by atoms with Crippen molar-refractivity contribution in [3.63, 3.8) is 0 Å². The number of carbonyl (C=O) groups excluding carboxylic acids is 1. The SMILES string of the molecule is CCCCCCCCCCCCCCCCP(=O)(Cl)CCC(=O)Cl. The summed E-state index contributed by atoms with van der Waals surface area (Å²) in [4.78, 5) is 10.7. The van der Waals surface area contributed by atoms with Crippen LogP contribution in [0.5, 0.6) is 0 Å². The molecule has 0 saturated heterocycles. The van der Waals surface area contributed by atoms with Crippen LogP contribution in [0.15, 0.2) is 0 Å². The lowest BCUT2D eigenvalue weighted by Gasteiger charge is -2.09. The minimum Gasteiger partial charge on any atom is -0.307 e. The van der Waals surface area contributed by atoms with Gasteiger partial charge in [-0.1, -0.05) is 102 Å². The lowest BCUT2D eigenvalue weighted by molar-refractivity contribution is -0.111. The molecule has 0 N–H and O–H groups in total. The molecule has 0 spiro atoms. The molecule has 144 valence electrons. The molecule has 0 bridgehead atoms. The lowest BCUT2D eigenvalue weighted by Crippen LogP contribution is -1.95. The van der Waals surface area contributed by atoms with Crippen molar-refractivity contribution in [1.82, 2.24) is 0 Å². The van der Waals surface area contributed by atoms with Crippen LogP contribution >= 0.6 is 29.3 Å². The lowest BCUT2D eigenvalue weighted by atomic mass is 10.0. The van der Waals surface area contributed by atoms with Crippen molar-refractivity contribution in [2.45, 2.75) is 103 Å². The fourth-order valence-electron chi connectivity index (χ4n) is 2.91. The average Bonchev–Trinajstić information content (AvgIpc) is 2.53. The highest BCUT2D eigenvalue weighted by molar-refractivity contribution is 7.89. The zero-order valence-corrected chi connectivity index (χ0v) is 17.9. The second kappa shape index (κ2) is 16.9. The Morgan fingerprint density at radius 1 is 0.708 bits per heavy atom. The minimum atomic E-state index is -2.66. The highest BCUT2D eigenvalue weighted by Crippen LogP contribution is 2.52. The number of hydrogen-bond acceptors (Lipinski definition) is 2. The van der Waals surface area contributed by atoms with Gasteiger partial charge in [0.25, 0.3) is 0 Å². The van der Waals surface area contributed by atoms with Gasteiger partial charge in [0.05, 0.1) is 0 Å². The maximum absolute atomic E-state index is 12.0. The van der Waals surface area contributed by atoms with Gasteiger partial charge in [0.2, 0.25) is 5.24 Å². The first kappa shape index (κ1) is 24.5. The van der Waals surface area contributed by atoms with E-state index < -0.39 is 11.7 Å². The Kier molecular flexibility index (Phi) is 17.3. The standard InChI is InChI=1S/C19H37Cl2O2P/c1-2-3-4-5-6-7-8-9-10-11-12-13-14-15-17-24(21,23)18-16-19(20)22/h2-18H2,1H3. The molecule has 0 aliphatic heterocycles. The molecular weight excluding hydrogens is 362 g/mol. The van der Waals surface area contributed by atoms with E-state index >= 15 is 0 Å². The first-order valence-electron chi connectivity index (χ1n) is 9.94. The van der Waals surface area contributed by atoms with E-state index in [0.29, 0.717) is 6.16 Å². The summed E-state index contributed by atoms with van der Waals surface area (Å²) >= 11 is 11.2. The predicted octanol–water partition coefficient (Wildman–Crippen LogP) is 8.14. The predicted molar refractivity (Wildman–Crippen MR) is 109 cm³/mol. The van der Waals surface area contributed by atoms with Crippen molar-refractivity contribution in [2.24, 2.45) is 0 Å². The number of carbonyl (C=O) groups is 1. The molecule has 0 aliphatic carbocycles. The van der Waals surface area contributed by atoms with Crippen molar-refractivity contribution in [2.75, 3.05) is 12.3 Å². The van der Waals surface area contributed by atoms with Gasteiger partial charge in [0, 0.05) is 18.7 Å². The van der Waals surface area contributed by atoms with E-state index in [4.69, 9.17) is 22.8 Å². The Labute approximate surface area is 159 Å². The van der Waals surface area contributed by atoms with Crippen molar-refractivity contribution in [1.29, 1.82) is 0 Å². The van der Waals surface area contributed by atoms with E-state index in [1.807, 2.05) is 0 Å². The monoisotopic (exact) mass is 398 g/mol. The molecule has 0 amide bonds. The normalized spacial score (nSPS) is 13.8. The summed E-state index contributed by atoms with van der Waals surface area (Å²) < 4.78 is 12.0. The van der Waals surface area contributed by atoms with Crippen LogP contribution in [0.3, 0.4) is 0 Å². The van der Waals surface area contributed by atoms with Gasteiger partial charge in [0.1, 0.15) is 0 Å². The topological polar surface area (TPSA) is 34.1 Å². The van der Waals surface area contributed by atoms with Gasteiger partial charge in [-0.2, -0.15) is 0 Å². The van der Waals surface area contributed by atoms with Crippen LogP contribution in [0.4, 0.5) is 0 Å². The van der Waals surface area contributed by atoms with Crippen LogP contribution in [0.25, 0.3) is 0 Å². The van der Waals surface area contributed by atoms with Crippen molar-refractivity contribution < 1.29 is 9.36 Å². The second-order valence-electron chi connectivity index (χ2n) is 6.94. The summed E-state index contributed by atoms with van der Waals surface area (Å²) in [5.41, 5.74) is 0. The van der Waals surface area contributed by atoms with E-state index in [2.05, 4.69) is 6.92 Å². The maximum atomic E-state index is 12.0. The Bertz CT molecular complexity index is 348. The molecule has 0 radical (unpaired) electrons. The molecule has 0 heterocycles. The van der Waals surface area contributed by atoms with E-state index in [-0.39, 0.29) is 12.6 Å². The van der Waals surface area contributed by atoms with Crippen LogP contribution in [0.1, 0.15) is 103 Å². The van der Waals surface area contributed by atoms with Crippen LogP contribution in [-0.2, 0) is 9.36 Å². The molecule has 0 fully saturated rings. The Balaban J connectivity index is 3.25. The average molecular weight is 399 g/mol. The summed E-state index contributed by atoms with van der Waals surface area (Å²) in [6.07, 6.45) is 19.1. The van der Waals surface area contributed by atoms with Crippen LogP contribution < -0.4 is 0 Å². The molecule has 0 aliphatic rings. The first-order valence-corrected chi connectivity index (χ1v) is 13.3. The van der Waals surface area contributed by atoms with Gasteiger partial charge in [-0.25, -0.2) is 0 Å². The van der Waals surface area contributed by atoms with E-state index in [9.17, 15) is 9.36 Å². The fraction of sp³-hybridized carbons (Fsp3) is 0.947. The molecule has 0 aromatic heterocycles. The summed E-state index contributed by atoms with van der Waals surface area (Å²) in [5.74, 6) is 0. The van der Waals surface area contributed by atoms with Crippen LogP contribution in [0, 0.1) is 0 Å². The van der Waals surface area contributed by atoms with Crippen LogP contribution in [-0.4, -0.2) is 17.6 Å². The smallest absolute Gasteiger partial charge is 0.222 e. The Morgan fingerprint density at radius 2 is 1.08 bits per heavy atom. The third kappa shape index (κ3) is 18.8. The molecular formula is C19H37Cl2O2P. The third-order valence-electron chi connectivity index (χ3n) is 4.49. The fourth-order valence-corrected chi connectivity index (χ4v) is 5.20. The molecule has 24 heavy (non-hydrogen) atoms. The van der Waals surface area contributed by atoms with Gasteiger partial charge in [0.15, 0.2) is 6.49 Å². The highest BCUT2D eigenvalue weighted by atomic mass is 35.7. The van der Waals surface area contributed by atoms with E-state index in [1.54, 1.807) is 0 Å². The molecule has 0 rings (SSSR count). The Hall–Kier alpha value is 0.480. The van der Waals surface area contributed by atoms with Gasteiger partial charge < -0.3 is 4.57 Å². The van der Waals surface area contributed by atoms with Crippen molar-refractivity contribution >= 4 is 34.6 Å². The zero-order chi connectivity index (χ0) is 18.1. The van der Waals surface area contributed by atoms with Crippen molar-refractivity contribution in [3.8, 4) is 0 Å². The second-order valence-corrected chi connectivity index (χ2v) is 11.7. The number of unbranched alkanes of at least 4 members (excludes halogenated alkanes) is 13. The molecule has 1 atom stereocenters. The molecule has 0 aromatic carbocycles. The number of rotatable bonds is 18. The van der Waals surface area contributed by atoms with Crippen LogP contribution in [0.2, 0.25) is 0 Å². The quantitative estimate of drug-likeness (QED) is 0.132. The van der Waals surface area contributed by atoms with Gasteiger partial charge >= 0.3 is 0 Å². The molecule has 5 heteroatoms. The van der Waals surface area contributed by atoms with E-state index in [1.165, 1.54) is 77.0 Å². The van der Waals surface area contributed by atoms with Gasteiger partial charge in [-0.3, -0.25) is 4.79 Å². The van der Waals surface area contributed by atoms with Gasteiger partial charge in [-0.05, 0) is 18.0 Å². The van der Waals surface area contributed by atoms with E-state index in [0.717, 1.165) is 12.8 Å². The summed E-state index contributed by atoms with van der Waals surface area (Å²) in [7, 11) is 0. The maximum Gasteiger partial charge on any atom is 0.222 e.